The van der Waals surface area contributed by atoms with Crippen molar-refractivity contribution in [2.45, 2.75) is 19.8 Å². The topological polar surface area (TPSA) is 137 Å². The Morgan fingerprint density at radius 3 is 2.12 bits per heavy atom. The van der Waals surface area contributed by atoms with Crippen molar-refractivity contribution in [1.29, 1.82) is 0 Å². The molecule has 0 radical (unpaired) electrons. The highest BCUT2D eigenvalue weighted by atomic mass is 16.6. The number of nitrogens with zero attached hydrogens (tertiary/aromatic N) is 1. The Hall–Kier alpha value is -4.30. The number of carbonyl (C=O) groups is 4. The van der Waals surface area contributed by atoms with Crippen LogP contribution in [-0.4, -0.2) is 49.7 Å². The lowest BCUT2D eigenvalue weighted by atomic mass is 10.1. The molecule has 1 N–H and O–H groups in total. The number of ketones is 1. The molecule has 172 valence electrons. The van der Waals surface area contributed by atoms with E-state index < -0.39 is 18.0 Å². The van der Waals surface area contributed by atoms with Crippen LogP contribution in [0.2, 0.25) is 0 Å². The first-order valence-corrected chi connectivity index (χ1v) is 9.94. The molecule has 33 heavy (non-hydrogen) atoms. The van der Waals surface area contributed by atoms with Crippen molar-refractivity contribution in [3.8, 4) is 0 Å². The van der Waals surface area contributed by atoms with Gasteiger partial charge in [-0.3, -0.25) is 14.9 Å². The lowest BCUT2D eigenvalue weighted by Crippen LogP contribution is -2.17. The van der Waals surface area contributed by atoms with Gasteiger partial charge < -0.3 is 14.2 Å². The van der Waals surface area contributed by atoms with E-state index in [0.717, 1.165) is 0 Å². The minimum Gasteiger partial charge on any atom is -0.462 e. The lowest BCUT2D eigenvalue weighted by Gasteiger charge is -2.08. The lowest BCUT2D eigenvalue weighted by molar-refractivity contribution is -0.141. The standard InChI is InChI=1S/C23H22N2O8/c1-16(27)31-13-14-33-23(30)25-20-10-6-18(7-11-20)22(29)32-12-2-3-21(28)17-4-8-19(9-5-17)24-15-26/h4-11H,2-3,12-14H2,1H3,(H,25,30). The number of benzene rings is 2. The summed E-state index contributed by atoms with van der Waals surface area (Å²) < 4.78 is 14.7. The molecule has 0 aromatic heterocycles. The van der Waals surface area contributed by atoms with Gasteiger partial charge in [-0.1, -0.05) is 0 Å². The van der Waals surface area contributed by atoms with Crippen LogP contribution in [0.3, 0.4) is 0 Å². The molecule has 0 atom stereocenters. The second-order valence-corrected chi connectivity index (χ2v) is 6.59. The fourth-order valence-corrected chi connectivity index (χ4v) is 2.56. The Morgan fingerprint density at radius 1 is 0.848 bits per heavy atom. The third kappa shape index (κ3) is 9.16. The number of ether oxygens (including phenoxy) is 3. The largest absolute Gasteiger partial charge is 0.462 e. The SMILES string of the molecule is CC(=O)OCCOC(=O)Nc1ccc(C(=O)OCCCC(=O)c2ccc(N=C=O)cc2)cc1. The van der Waals surface area contributed by atoms with Crippen LogP contribution in [0.4, 0.5) is 16.2 Å². The molecule has 0 fully saturated rings. The second kappa shape index (κ2) is 13.2. The number of isocyanates is 1. The van der Waals surface area contributed by atoms with Crippen molar-refractivity contribution in [3.05, 3.63) is 59.7 Å². The van der Waals surface area contributed by atoms with Crippen molar-refractivity contribution in [2.24, 2.45) is 4.99 Å². The Kier molecular flexibility index (Phi) is 9.97. The maximum absolute atomic E-state index is 12.2. The molecule has 1 amide bonds. The van der Waals surface area contributed by atoms with Gasteiger partial charge in [-0.2, -0.15) is 4.99 Å². The molecule has 0 saturated carbocycles. The van der Waals surface area contributed by atoms with E-state index in [0.29, 0.717) is 23.4 Å². The number of anilines is 1. The maximum atomic E-state index is 12.2. The van der Waals surface area contributed by atoms with Crippen molar-refractivity contribution < 1.29 is 38.2 Å². The quantitative estimate of drug-likeness (QED) is 0.136. The molecule has 0 unspecified atom stereocenters. The minimum atomic E-state index is -0.728. The summed E-state index contributed by atoms with van der Waals surface area (Å²) in [6, 6.07) is 12.2. The molecule has 2 aromatic rings. The first-order chi connectivity index (χ1) is 15.9. The molecular weight excluding hydrogens is 432 g/mol. The van der Waals surface area contributed by atoms with E-state index in [9.17, 15) is 24.0 Å². The van der Waals surface area contributed by atoms with Crippen molar-refractivity contribution in [3.63, 3.8) is 0 Å². The van der Waals surface area contributed by atoms with Crippen LogP contribution in [0.1, 0.15) is 40.5 Å². The Morgan fingerprint density at radius 2 is 1.48 bits per heavy atom. The van der Waals surface area contributed by atoms with E-state index in [2.05, 4.69) is 15.0 Å². The van der Waals surface area contributed by atoms with Gasteiger partial charge in [0.05, 0.1) is 17.9 Å². The van der Waals surface area contributed by atoms with Crippen LogP contribution in [-0.2, 0) is 23.8 Å². The molecule has 0 aliphatic carbocycles. The first-order valence-electron chi connectivity index (χ1n) is 9.94. The van der Waals surface area contributed by atoms with Crippen LogP contribution in [0.15, 0.2) is 53.5 Å². The van der Waals surface area contributed by atoms with E-state index in [1.807, 2.05) is 0 Å². The number of Topliss-reactive ketones (excluding diaryl/α,β-unsaturated/α-hetero) is 1. The van der Waals surface area contributed by atoms with E-state index in [-0.39, 0.29) is 37.6 Å². The van der Waals surface area contributed by atoms with Crippen molar-refractivity contribution in [1.82, 2.24) is 0 Å². The smallest absolute Gasteiger partial charge is 0.411 e. The molecule has 0 heterocycles. The number of esters is 2. The molecular formula is C23H22N2O8. The summed E-state index contributed by atoms with van der Waals surface area (Å²) in [6.07, 6.45) is 1.23. The summed E-state index contributed by atoms with van der Waals surface area (Å²) >= 11 is 0. The highest BCUT2D eigenvalue weighted by Crippen LogP contribution is 2.15. The van der Waals surface area contributed by atoms with E-state index >= 15 is 0 Å². The van der Waals surface area contributed by atoms with Crippen LogP contribution >= 0.6 is 0 Å². The first kappa shape index (κ1) is 25.0. The predicted octanol–water partition coefficient (Wildman–Crippen LogP) is 3.59. The number of nitrogens with one attached hydrogen (secondary N) is 1. The predicted molar refractivity (Wildman–Crippen MR) is 116 cm³/mol. The summed E-state index contributed by atoms with van der Waals surface area (Å²) in [7, 11) is 0. The Labute approximate surface area is 189 Å². The van der Waals surface area contributed by atoms with Gasteiger partial charge in [0.15, 0.2) is 5.78 Å². The molecule has 0 aliphatic heterocycles. The molecule has 10 heteroatoms. The molecule has 2 aromatic carbocycles. The monoisotopic (exact) mass is 454 g/mol. The zero-order valence-corrected chi connectivity index (χ0v) is 17.9. The Bertz CT molecular complexity index is 1030. The van der Waals surface area contributed by atoms with Gasteiger partial charge in [0.25, 0.3) is 0 Å². The normalized spacial score (nSPS) is 9.85. The number of carbonyl (C=O) groups excluding carboxylic acids is 5. The number of hydrogen-bond donors (Lipinski definition) is 1. The van der Waals surface area contributed by atoms with Gasteiger partial charge >= 0.3 is 18.0 Å². The van der Waals surface area contributed by atoms with Crippen LogP contribution in [0, 0.1) is 0 Å². The average molecular weight is 454 g/mol. The Balaban J connectivity index is 1.70. The van der Waals surface area contributed by atoms with Crippen molar-refractivity contribution >= 4 is 41.3 Å². The van der Waals surface area contributed by atoms with Gasteiger partial charge in [-0.25, -0.2) is 14.4 Å². The molecule has 0 aliphatic rings. The van der Waals surface area contributed by atoms with Gasteiger partial charge in [-0.15, -0.1) is 0 Å². The van der Waals surface area contributed by atoms with Gasteiger partial charge in [0.2, 0.25) is 6.08 Å². The number of amides is 1. The summed E-state index contributed by atoms with van der Waals surface area (Å²) in [6.45, 7) is 1.19. The van der Waals surface area contributed by atoms with Crippen LogP contribution in [0.5, 0.6) is 0 Å². The number of aliphatic imine (C=N–C) groups is 1. The summed E-state index contributed by atoms with van der Waals surface area (Å²) in [5, 5.41) is 2.47. The van der Waals surface area contributed by atoms with Gasteiger partial charge in [0, 0.05) is 24.6 Å². The third-order valence-electron chi connectivity index (χ3n) is 4.13. The van der Waals surface area contributed by atoms with Crippen molar-refractivity contribution in [2.75, 3.05) is 25.1 Å². The molecule has 0 saturated heterocycles. The van der Waals surface area contributed by atoms with Crippen LogP contribution < -0.4 is 5.32 Å². The highest BCUT2D eigenvalue weighted by Gasteiger charge is 2.10. The molecule has 0 spiro atoms. The fraction of sp³-hybridized carbons (Fsp3) is 0.261. The number of hydrogen-bond acceptors (Lipinski definition) is 9. The van der Waals surface area contributed by atoms with E-state index in [1.54, 1.807) is 24.3 Å². The van der Waals surface area contributed by atoms with Gasteiger partial charge in [0.1, 0.15) is 13.2 Å². The summed E-state index contributed by atoms with van der Waals surface area (Å²) in [5.41, 5.74) is 1.56. The number of rotatable bonds is 11. The maximum Gasteiger partial charge on any atom is 0.411 e. The van der Waals surface area contributed by atoms with Crippen LogP contribution in [0.25, 0.3) is 0 Å². The molecule has 0 bridgehead atoms. The molecule has 10 nitrogen and oxygen atoms in total. The summed E-state index contributed by atoms with van der Waals surface area (Å²) in [5.74, 6) is -1.15. The zero-order chi connectivity index (χ0) is 24.1. The third-order valence-corrected chi connectivity index (χ3v) is 4.13. The van der Waals surface area contributed by atoms with E-state index in [4.69, 9.17) is 9.47 Å². The summed E-state index contributed by atoms with van der Waals surface area (Å²) in [4.78, 5) is 60.2. The average Bonchev–Trinajstić information content (AvgIpc) is 2.80. The zero-order valence-electron chi connectivity index (χ0n) is 17.9. The minimum absolute atomic E-state index is 0.0398. The fourth-order valence-electron chi connectivity index (χ4n) is 2.56. The van der Waals surface area contributed by atoms with Gasteiger partial charge in [-0.05, 0) is 55.0 Å². The van der Waals surface area contributed by atoms with E-state index in [1.165, 1.54) is 37.3 Å². The second-order valence-electron chi connectivity index (χ2n) is 6.59. The highest BCUT2D eigenvalue weighted by molar-refractivity contribution is 5.96. The molecule has 2 rings (SSSR count).